The normalized spacial score (nSPS) is 19.5. The van der Waals surface area contributed by atoms with E-state index in [0.717, 1.165) is 12.0 Å². The van der Waals surface area contributed by atoms with Gasteiger partial charge in [0.25, 0.3) is 0 Å². The molecule has 1 aromatic rings. The summed E-state index contributed by atoms with van der Waals surface area (Å²) in [5, 5.41) is 0. The van der Waals surface area contributed by atoms with Crippen LogP contribution >= 0.6 is 11.8 Å². The number of rotatable bonds is 1. The quantitative estimate of drug-likeness (QED) is 0.670. The Morgan fingerprint density at radius 1 is 1.21 bits per heavy atom. The molecule has 0 spiro atoms. The molecule has 0 nitrogen and oxygen atoms in total. The third kappa shape index (κ3) is 2.01. The first-order valence-electron chi connectivity index (χ1n) is 4.72. The molecule has 0 aromatic heterocycles. The largest absolute Gasteiger partial charge is 0.207 e. The van der Waals surface area contributed by atoms with Crippen LogP contribution in [0.3, 0.4) is 0 Å². The maximum atomic E-state index is 12.7. The third-order valence-electron chi connectivity index (χ3n) is 2.29. The molecule has 0 amide bonds. The lowest BCUT2D eigenvalue weighted by Gasteiger charge is -2.16. The average molecular weight is 208 g/mol. The molecular weight excluding hydrogens is 195 g/mol. The minimum absolute atomic E-state index is 0.170. The first-order valence-corrected chi connectivity index (χ1v) is 5.54. The van der Waals surface area contributed by atoms with Gasteiger partial charge in [-0.1, -0.05) is 32.1 Å². The van der Waals surface area contributed by atoms with E-state index in [4.69, 9.17) is 0 Å². The van der Waals surface area contributed by atoms with Crippen molar-refractivity contribution in [2.75, 3.05) is 0 Å². The summed E-state index contributed by atoms with van der Waals surface area (Å²) in [5.41, 5.74) is 1.13. The molecule has 0 radical (unpaired) electrons. The molecule has 2 rings (SSSR count). The molecule has 0 bridgehead atoms. The molecule has 0 aliphatic carbocycles. The third-order valence-corrected chi connectivity index (χ3v) is 3.64. The van der Waals surface area contributed by atoms with Gasteiger partial charge in [-0.2, -0.15) is 0 Å². The highest BCUT2D eigenvalue weighted by Gasteiger charge is 2.25. The Hall–Kier alpha value is -0.760. The highest BCUT2D eigenvalue weighted by atomic mass is 32.2. The van der Waals surface area contributed by atoms with Crippen LogP contribution in [0.4, 0.5) is 4.39 Å². The second-order valence-electron chi connectivity index (χ2n) is 4.14. The summed E-state index contributed by atoms with van der Waals surface area (Å²) in [5.74, 6) is -0.170. The molecule has 14 heavy (non-hydrogen) atoms. The number of hydrogen-bond acceptors (Lipinski definition) is 1. The van der Waals surface area contributed by atoms with Crippen molar-refractivity contribution in [2.24, 2.45) is 0 Å². The van der Waals surface area contributed by atoms with Crippen LogP contribution in [0.5, 0.6) is 0 Å². The van der Waals surface area contributed by atoms with Crippen LogP contribution in [-0.2, 0) is 0 Å². The average Bonchev–Trinajstić information content (AvgIpc) is 2.47. The summed E-state index contributed by atoms with van der Waals surface area (Å²) in [6, 6.07) is 6.72. The van der Waals surface area contributed by atoms with E-state index in [1.807, 2.05) is 23.9 Å². The standard InChI is InChI=1S/C12H13FS/c1-12(2)8-7-11(14-12)9-3-5-10(13)6-4-9/h3-7H,8H2,1-2H3. The van der Waals surface area contributed by atoms with Gasteiger partial charge in [-0.05, 0) is 24.1 Å². The van der Waals surface area contributed by atoms with E-state index in [1.165, 1.54) is 17.0 Å². The number of benzene rings is 1. The van der Waals surface area contributed by atoms with Gasteiger partial charge < -0.3 is 0 Å². The van der Waals surface area contributed by atoms with Crippen LogP contribution in [0.15, 0.2) is 30.3 Å². The molecule has 1 heterocycles. The molecule has 0 unspecified atom stereocenters. The van der Waals surface area contributed by atoms with Crippen molar-refractivity contribution in [3.63, 3.8) is 0 Å². The first kappa shape index (κ1) is 9.78. The van der Waals surface area contributed by atoms with E-state index in [1.54, 1.807) is 0 Å². The van der Waals surface area contributed by atoms with Crippen molar-refractivity contribution in [3.8, 4) is 0 Å². The van der Waals surface area contributed by atoms with E-state index >= 15 is 0 Å². The number of thioether (sulfide) groups is 1. The Bertz CT molecular complexity index is 362. The zero-order valence-corrected chi connectivity index (χ0v) is 9.20. The van der Waals surface area contributed by atoms with E-state index in [2.05, 4.69) is 19.9 Å². The van der Waals surface area contributed by atoms with Gasteiger partial charge in [0.1, 0.15) is 5.82 Å². The van der Waals surface area contributed by atoms with Gasteiger partial charge >= 0.3 is 0 Å². The van der Waals surface area contributed by atoms with E-state index in [-0.39, 0.29) is 5.82 Å². The zero-order valence-electron chi connectivity index (χ0n) is 8.38. The highest BCUT2D eigenvalue weighted by molar-refractivity contribution is 8.09. The van der Waals surface area contributed by atoms with Crippen molar-refractivity contribution in [3.05, 3.63) is 41.7 Å². The lowest BCUT2D eigenvalue weighted by molar-refractivity contribution is 0.627. The van der Waals surface area contributed by atoms with Crippen molar-refractivity contribution >= 4 is 16.7 Å². The van der Waals surface area contributed by atoms with Gasteiger partial charge in [0.05, 0.1) is 0 Å². The molecule has 0 saturated heterocycles. The van der Waals surface area contributed by atoms with Gasteiger partial charge in [0.15, 0.2) is 0 Å². The number of allylic oxidation sites excluding steroid dienone is 1. The Labute approximate surface area is 88.2 Å². The summed E-state index contributed by atoms with van der Waals surface area (Å²) in [6.07, 6.45) is 3.32. The summed E-state index contributed by atoms with van der Waals surface area (Å²) < 4.78 is 13.0. The van der Waals surface area contributed by atoms with Gasteiger partial charge in [-0.25, -0.2) is 4.39 Å². The van der Waals surface area contributed by atoms with Crippen LogP contribution in [-0.4, -0.2) is 4.75 Å². The second-order valence-corrected chi connectivity index (χ2v) is 5.89. The van der Waals surface area contributed by atoms with Crippen LogP contribution in [0.25, 0.3) is 4.91 Å². The van der Waals surface area contributed by atoms with Crippen LogP contribution < -0.4 is 0 Å². The predicted octanol–water partition coefficient (Wildman–Crippen LogP) is 4.08. The Morgan fingerprint density at radius 3 is 2.36 bits per heavy atom. The molecule has 1 aliphatic heterocycles. The van der Waals surface area contributed by atoms with Crippen LogP contribution in [0, 0.1) is 5.82 Å². The molecule has 2 heteroatoms. The predicted molar refractivity (Wildman–Crippen MR) is 60.7 cm³/mol. The number of hydrogen-bond donors (Lipinski definition) is 0. The van der Waals surface area contributed by atoms with Gasteiger partial charge in [-0.3, -0.25) is 0 Å². The molecule has 1 aliphatic rings. The Balaban J connectivity index is 2.22. The van der Waals surface area contributed by atoms with Crippen molar-refractivity contribution in [1.29, 1.82) is 0 Å². The fourth-order valence-electron chi connectivity index (χ4n) is 1.51. The van der Waals surface area contributed by atoms with E-state index in [9.17, 15) is 4.39 Å². The maximum Gasteiger partial charge on any atom is 0.123 e. The summed E-state index contributed by atoms with van der Waals surface area (Å²) >= 11 is 1.87. The lowest BCUT2D eigenvalue weighted by atomic mass is 10.1. The minimum Gasteiger partial charge on any atom is -0.207 e. The van der Waals surface area contributed by atoms with Gasteiger partial charge in [0, 0.05) is 9.65 Å². The monoisotopic (exact) mass is 208 g/mol. The second kappa shape index (κ2) is 3.43. The minimum atomic E-state index is -0.170. The smallest absolute Gasteiger partial charge is 0.123 e. The molecule has 0 N–H and O–H groups in total. The molecule has 0 atom stereocenters. The number of halogens is 1. The Morgan fingerprint density at radius 2 is 1.86 bits per heavy atom. The lowest BCUT2D eigenvalue weighted by Crippen LogP contribution is -2.07. The summed E-state index contributed by atoms with van der Waals surface area (Å²) in [6.45, 7) is 4.45. The molecule has 74 valence electrons. The fourth-order valence-corrected chi connectivity index (χ4v) is 2.69. The van der Waals surface area contributed by atoms with Crippen molar-refractivity contribution < 1.29 is 4.39 Å². The molecule has 0 fully saturated rings. The van der Waals surface area contributed by atoms with Crippen LogP contribution in [0.1, 0.15) is 25.8 Å². The van der Waals surface area contributed by atoms with E-state index < -0.39 is 0 Å². The molecule has 0 saturated carbocycles. The van der Waals surface area contributed by atoms with Gasteiger partial charge in [0.2, 0.25) is 0 Å². The zero-order chi connectivity index (χ0) is 10.2. The highest BCUT2D eigenvalue weighted by Crippen LogP contribution is 2.46. The fraction of sp³-hybridized carbons (Fsp3) is 0.333. The maximum absolute atomic E-state index is 12.7. The van der Waals surface area contributed by atoms with Crippen molar-refractivity contribution in [2.45, 2.75) is 25.0 Å². The van der Waals surface area contributed by atoms with E-state index in [0.29, 0.717) is 4.75 Å². The summed E-state index contributed by atoms with van der Waals surface area (Å²) in [4.78, 5) is 1.27. The Kier molecular flexibility index (Phi) is 2.40. The molecule has 1 aromatic carbocycles. The van der Waals surface area contributed by atoms with Crippen molar-refractivity contribution in [1.82, 2.24) is 0 Å². The van der Waals surface area contributed by atoms with Gasteiger partial charge in [-0.15, -0.1) is 11.8 Å². The summed E-state index contributed by atoms with van der Waals surface area (Å²) in [7, 11) is 0. The molecular formula is C12H13FS. The SMILES string of the molecule is CC1(C)CC=C(c2ccc(F)cc2)S1. The topological polar surface area (TPSA) is 0 Å². The van der Waals surface area contributed by atoms with Crippen LogP contribution in [0.2, 0.25) is 0 Å². The first-order chi connectivity index (χ1) is 6.57.